The van der Waals surface area contributed by atoms with Gasteiger partial charge < -0.3 is 18.5 Å². The normalized spacial score (nSPS) is 12.0. The number of hydrogen-bond acceptors (Lipinski definition) is 8. The average Bonchev–Trinajstić information content (AvgIpc) is 3.82. The fraction of sp³-hybridized carbons (Fsp3) is 0.364. The quantitative estimate of drug-likeness (QED) is 0.0756. The Bertz CT molecular complexity index is 2340. The van der Waals surface area contributed by atoms with E-state index in [1.54, 1.807) is 11.8 Å². The molecule has 300 valence electrons. The second kappa shape index (κ2) is 17.5. The summed E-state index contributed by atoms with van der Waals surface area (Å²) in [6.07, 6.45) is 0.644. The van der Waals surface area contributed by atoms with Gasteiger partial charge in [0.05, 0.1) is 44.3 Å². The lowest BCUT2D eigenvalue weighted by atomic mass is 9.96. The summed E-state index contributed by atoms with van der Waals surface area (Å²) in [7, 11) is 3.91. The van der Waals surface area contributed by atoms with Crippen molar-refractivity contribution in [3.8, 4) is 11.1 Å². The van der Waals surface area contributed by atoms with Crippen LogP contribution in [0.5, 0.6) is 0 Å². The highest BCUT2D eigenvalue weighted by Crippen LogP contribution is 2.44. The average molecular weight is 827 g/mol. The van der Waals surface area contributed by atoms with Gasteiger partial charge in [-0.1, -0.05) is 100.0 Å². The first kappa shape index (κ1) is 42.0. The van der Waals surface area contributed by atoms with Crippen molar-refractivity contribution in [1.82, 2.24) is 24.1 Å². The number of carbonyl (C=O) groups is 2. The molecule has 0 spiro atoms. The molecule has 0 saturated heterocycles. The fourth-order valence-corrected chi connectivity index (χ4v) is 13.7. The van der Waals surface area contributed by atoms with E-state index in [4.69, 9.17) is 35.7 Å². The Morgan fingerprint density at radius 2 is 1.51 bits per heavy atom. The molecular weight excluding hydrogens is 774 g/mol. The molecule has 0 fully saturated rings. The molecule has 0 atom stereocenters. The molecule has 0 N–H and O–H groups in total. The van der Waals surface area contributed by atoms with Gasteiger partial charge in [0, 0.05) is 64.9 Å². The van der Waals surface area contributed by atoms with Crippen LogP contribution in [0.1, 0.15) is 72.9 Å². The maximum absolute atomic E-state index is 13.3. The maximum Gasteiger partial charge on any atom is 0.354 e. The summed E-state index contributed by atoms with van der Waals surface area (Å²) < 4.78 is 23.1. The minimum Gasteiger partial charge on any atom is -0.469 e. The van der Waals surface area contributed by atoms with Crippen molar-refractivity contribution in [2.75, 3.05) is 14.2 Å². The number of aromatic nitrogens is 5. The first-order valence-corrected chi connectivity index (χ1v) is 22.6. The molecule has 0 aliphatic heterocycles. The number of ether oxygens (including phenoxy) is 2. The molecule has 3 heterocycles. The van der Waals surface area contributed by atoms with Crippen molar-refractivity contribution < 1.29 is 23.5 Å². The zero-order valence-electron chi connectivity index (χ0n) is 34.3. The Morgan fingerprint density at radius 3 is 2.09 bits per heavy atom. The molecule has 0 amide bonds. The van der Waals surface area contributed by atoms with E-state index >= 15 is 0 Å². The third kappa shape index (κ3) is 8.10. The summed E-state index contributed by atoms with van der Waals surface area (Å²) in [4.78, 5) is 25.5. The fourth-order valence-electron chi connectivity index (χ4n) is 8.03. The van der Waals surface area contributed by atoms with Crippen molar-refractivity contribution in [2.24, 2.45) is 14.1 Å². The molecule has 0 radical (unpaired) electrons. The highest BCUT2D eigenvalue weighted by atomic mass is 35.5. The van der Waals surface area contributed by atoms with E-state index < -0.39 is 14.3 Å². The molecule has 0 unspecified atom stereocenters. The van der Waals surface area contributed by atoms with Gasteiger partial charge in [-0.3, -0.25) is 14.2 Å². The summed E-state index contributed by atoms with van der Waals surface area (Å²) in [5, 5.41) is 13.6. The number of fused-ring (bicyclic) bond motifs is 1. The Morgan fingerprint density at radius 1 is 0.860 bits per heavy atom. The molecule has 3 aromatic carbocycles. The molecule has 6 aromatic rings. The number of benzene rings is 3. The number of esters is 2. The van der Waals surface area contributed by atoms with Gasteiger partial charge >= 0.3 is 11.9 Å². The standard InChI is InChI=1S/C44H52ClN5O5SSi/c1-10-34-40-37(50(24-23-38(51)53-8)42(34)43(52)54-9)22-21-35(45)41(40)39-29(2)48(6)47-36(39)28-56-27-30-25-31(49(7)46-30)26-55-57(44(3,4)5,32-17-13-11-14-18-32)33-19-15-12-16-20-33/h11-22,25H,10,23-24,26-28H2,1-9H3. The highest BCUT2D eigenvalue weighted by molar-refractivity contribution is 7.97. The molecule has 57 heavy (non-hydrogen) atoms. The minimum atomic E-state index is -2.73. The Hall–Kier alpha value is -4.62. The lowest BCUT2D eigenvalue weighted by molar-refractivity contribution is -0.140. The van der Waals surface area contributed by atoms with Gasteiger partial charge in [-0.05, 0) is 52.5 Å². The number of hydrogen-bond donors (Lipinski definition) is 0. The molecule has 0 saturated carbocycles. The number of carbonyl (C=O) groups excluding carboxylic acids is 2. The highest BCUT2D eigenvalue weighted by Gasteiger charge is 2.50. The van der Waals surface area contributed by atoms with E-state index in [1.807, 2.05) is 54.0 Å². The zero-order chi connectivity index (χ0) is 41.1. The van der Waals surface area contributed by atoms with E-state index in [2.05, 4.69) is 87.5 Å². The monoisotopic (exact) mass is 825 g/mol. The SMILES string of the molecule is CCc1c(C(=O)OC)n(CCC(=O)OC)c2ccc(Cl)c(-c3c(CSCc4cc(CO[Si](c5ccccc5)(c5ccccc5)C(C)(C)C)n(C)n4)nn(C)c3C)c12. The van der Waals surface area contributed by atoms with Crippen LogP contribution in [0.15, 0.2) is 78.9 Å². The molecule has 6 rings (SSSR count). The van der Waals surface area contributed by atoms with Crippen LogP contribution < -0.4 is 10.4 Å². The van der Waals surface area contributed by atoms with Gasteiger partial charge in [0.2, 0.25) is 0 Å². The number of aryl methyl sites for hydroxylation is 4. The largest absolute Gasteiger partial charge is 0.469 e. The second-order valence-corrected chi connectivity index (χ2v) is 20.9. The van der Waals surface area contributed by atoms with Crippen LogP contribution in [-0.4, -0.2) is 58.6 Å². The summed E-state index contributed by atoms with van der Waals surface area (Å²) in [6.45, 7) is 11.6. The van der Waals surface area contributed by atoms with Gasteiger partial charge in [-0.2, -0.15) is 10.2 Å². The van der Waals surface area contributed by atoms with Crippen molar-refractivity contribution in [3.63, 3.8) is 0 Å². The van der Waals surface area contributed by atoms with Gasteiger partial charge in [-0.25, -0.2) is 4.79 Å². The van der Waals surface area contributed by atoms with E-state index in [1.165, 1.54) is 24.6 Å². The Kier molecular flexibility index (Phi) is 12.9. The molecule has 0 aliphatic rings. The van der Waals surface area contributed by atoms with Crippen LogP contribution >= 0.6 is 23.4 Å². The molecule has 3 aromatic heterocycles. The van der Waals surface area contributed by atoms with Crippen molar-refractivity contribution >= 4 is 64.9 Å². The number of rotatable bonds is 15. The van der Waals surface area contributed by atoms with Crippen LogP contribution in [0.4, 0.5) is 0 Å². The minimum absolute atomic E-state index is 0.0972. The molecule has 0 aliphatic carbocycles. The first-order chi connectivity index (χ1) is 27.3. The van der Waals surface area contributed by atoms with Crippen LogP contribution in [0.25, 0.3) is 22.0 Å². The van der Waals surface area contributed by atoms with Crippen LogP contribution in [0.3, 0.4) is 0 Å². The smallest absolute Gasteiger partial charge is 0.354 e. The van der Waals surface area contributed by atoms with E-state index in [9.17, 15) is 9.59 Å². The summed E-state index contributed by atoms with van der Waals surface area (Å²) in [6, 6.07) is 27.2. The van der Waals surface area contributed by atoms with Crippen LogP contribution in [0.2, 0.25) is 10.1 Å². The predicted octanol–water partition coefficient (Wildman–Crippen LogP) is 8.16. The van der Waals surface area contributed by atoms with Crippen LogP contribution in [-0.2, 0) is 63.9 Å². The zero-order valence-corrected chi connectivity index (χ0v) is 36.9. The lowest BCUT2D eigenvalue weighted by Crippen LogP contribution is -2.66. The number of nitrogens with zero attached hydrogens (tertiary/aromatic N) is 5. The Balaban J connectivity index is 1.29. The summed E-state index contributed by atoms with van der Waals surface area (Å²) >= 11 is 8.83. The number of halogens is 1. The van der Waals surface area contributed by atoms with Gasteiger partial charge in [0.1, 0.15) is 5.69 Å². The molecule has 10 nitrogen and oxygen atoms in total. The van der Waals surface area contributed by atoms with Crippen molar-refractivity contribution in [2.45, 2.75) is 77.2 Å². The van der Waals surface area contributed by atoms with Gasteiger partial charge in [-0.15, -0.1) is 11.8 Å². The second-order valence-electron chi connectivity index (χ2n) is 15.2. The van der Waals surface area contributed by atoms with Crippen molar-refractivity contribution in [1.29, 1.82) is 0 Å². The maximum atomic E-state index is 13.3. The van der Waals surface area contributed by atoms with E-state index in [-0.39, 0.29) is 24.0 Å². The third-order valence-corrected chi connectivity index (χ3v) is 17.1. The molecule has 13 heteroatoms. The van der Waals surface area contributed by atoms with E-state index in [0.717, 1.165) is 50.4 Å². The molecular formula is C44H52ClN5O5SSi. The van der Waals surface area contributed by atoms with Gasteiger partial charge in [0.15, 0.2) is 0 Å². The number of methoxy groups -OCH3 is 2. The number of thioether (sulfide) groups is 1. The summed E-state index contributed by atoms with van der Waals surface area (Å²) in [5.74, 6) is 0.425. The van der Waals surface area contributed by atoms with Gasteiger partial charge in [0.25, 0.3) is 8.32 Å². The topological polar surface area (TPSA) is 102 Å². The first-order valence-electron chi connectivity index (χ1n) is 19.1. The molecule has 0 bridgehead atoms. The third-order valence-electron chi connectivity index (χ3n) is 10.8. The van der Waals surface area contributed by atoms with Crippen molar-refractivity contribution in [3.05, 3.63) is 118 Å². The predicted molar refractivity (Wildman–Crippen MR) is 232 cm³/mol. The van der Waals surface area contributed by atoms with Crippen LogP contribution in [0, 0.1) is 6.92 Å². The van der Waals surface area contributed by atoms with E-state index in [0.29, 0.717) is 35.2 Å². The lowest BCUT2D eigenvalue weighted by Gasteiger charge is -2.43. The Labute approximate surface area is 345 Å². The summed E-state index contributed by atoms with van der Waals surface area (Å²) in [5.41, 5.74) is 7.54.